The summed E-state index contributed by atoms with van der Waals surface area (Å²) in [4.78, 5) is 41.2. The Bertz CT molecular complexity index is 1310. The Morgan fingerprint density at radius 3 is 2.48 bits per heavy atom. The number of aromatic amines is 1. The predicted molar refractivity (Wildman–Crippen MR) is 106 cm³/mol. The molecule has 0 saturated heterocycles. The minimum atomic E-state index is -0.629. The number of hydrogen-bond acceptors (Lipinski definition) is 5. The van der Waals surface area contributed by atoms with Crippen LogP contribution in [-0.4, -0.2) is 21.7 Å². The highest BCUT2D eigenvalue weighted by atomic mass is 16.5. The molecule has 0 bridgehead atoms. The number of nitrogens with one attached hydrogen (secondary N) is 1. The Balaban J connectivity index is 2.53. The lowest BCUT2D eigenvalue weighted by atomic mass is 9.95. The summed E-state index contributed by atoms with van der Waals surface area (Å²) in [6.45, 7) is 5.21. The predicted octanol–water partition coefficient (Wildman–Crippen LogP) is 1.24. The Kier molecular flexibility index (Phi) is 5.15. The van der Waals surface area contributed by atoms with Crippen molar-refractivity contribution in [2.45, 2.75) is 6.92 Å². The number of nitrogens with zero attached hydrogens (tertiary/aromatic N) is 3. The number of pyridine rings is 1. The number of carbonyl (C=O) groups is 1. The van der Waals surface area contributed by atoms with E-state index in [1.54, 1.807) is 31.2 Å². The third-order valence-electron chi connectivity index (χ3n) is 4.68. The molecule has 2 aromatic heterocycles. The molecule has 0 amide bonds. The highest BCUT2D eigenvalue weighted by molar-refractivity contribution is 6.05. The van der Waals surface area contributed by atoms with Crippen LogP contribution in [0.5, 0.6) is 0 Å². The topological polar surface area (TPSA) is 108 Å². The Morgan fingerprint density at radius 2 is 1.90 bits per heavy atom. The van der Waals surface area contributed by atoms with Gasteiger partial charge >= 0.3 is 11.7 Å². The maximum absolute atomic E-state index is 13.0. The van der Waals surface area contributed by atoms with Crippen molar-refractivity contribution in [3.63, 3.8) is 0 Å². The van der Waals surface area contributed by atoms with Crippen molar-refractivity contribution >= 4 is 17.0 Å². The van der Waals surface area contributed by atoms with Crippen LogP contribution < -0.4 is 16.2 Å². The van der Waals surface area contributed by atoms with E-state index in [1.165, 1.54) is 24.7 Å². The van der Waals surface area contributed by atoms with Crippen LogP contribution in [0.25, 0.3) is 22.2 Å². The third-order valence-corrected chi connectivity index (χ3v) is 4.68. The summed E-state index contributed by atoms with van der Waals surface area (Å²) in [6.07, 6.45) is 1.45. The van der Waals surface area contributed by atoms with Gasteiger partial charge in [0.2, 0.25) is 0 Å². The van der Waals surface area contributed by atoms with Crippen LogP contribution in [0.2, 0.25) is 0 Å². The van der Waals surface area contributed by atoms with Crippen molar-refractivity contribution in [1.82, 2.24) is 9.13 Å². The number of benzene rings is 1. The summed E-state index contributed by atoms with van der Waals surface area (Å²) in [5.74, 6) is -0.629. The third kappa shape index (κ3) is 3.23. The zero-order valence-electron chi connectivity index (χ0n) is 16.3. The minimum Gasteiger partial charge on any atom is -0.458 e. The summed E-state index contributed by atoms with van der Waals surface area (Å²) >= 11 is 0. The van der Waals surface area contributed by atoms with Crippen LogP contribution in [0.4, 0.5) is 0 Å². The van der Waals surface area contributed by atoms with Crippen LogP contribution in [0, 0.1) is 18.3 Å². The van der Waals surface area contributed by atoms with E-state index in [2.05, 4.69) is 11.6 Å². The van der Waals surface area contributed by atoms with E-state index in [1.807, 2.05) is 6.07 Å². The molecule has 29 heavy (non-hydrogen) atoms. The van der Waals surface area contributed by atoms with Gasteiger partial charge in [-0.3, -0.25) is 4.79 Å². The first-order valence-corrected chi connectivity index (χ1v) is 8.76. The van der Waals surface area contributed by atoms with Gasteiger partial charge in [-0.2, -0.15) is 9.83 Å². The van der Waals surface area contributed by atoms with Gasteiger partial charge < -0.3 is 4.74 Å². The number of aryl methyl sites for hydroxylation is 2. The molecule has 0 saturated carbocycles. The van der Waals surface area contributed by atoms with Crippen molar-refractivity contribution in [3.8, 4) is 17.2 Å². The molecule has 0 aliphatic rings. The summed E-state index contributed by atoms with van der Waals surface area (Å²) in [6, 6.07) is 8.54. The van der Waals surface area contributed by atoms with Gasteiger partial charge in [-0.1, -0.05) is 24.8 Å². The maximum Gasteiger partial charge on any atom is 0.417 e. The van der Waals surface area contributed by atoms with E-state index in [-0.39, 0.29) is 23.2 Å². The highest BCUT2D eigenvalue weighted by Crippen LogP contribution is 2.30. The zero-order valence-corrected chi connectivity index (χ0v) is 16.3. The molecule has 3 rings (SSSR count). The van der Waals surface area contributed by atoms with Gasteiger partial charge in [-0.25, -0.2) is 19.1 Å². The summed E-state index contributed by atoms with van der Waals surface area (Å²) in [5.41, 5.74) is 1.19. The van der Waals surface area contributed by atoms with E-state index in [0.29, 0.717) is 22.4 Å². The second-order valence-corrected chi connectivity index (χ2v) is 6.51. The van der Waals surface area contributed by atoms with Gasteiger partial charge in [0.1, 0.15) is 23.3 Å². The van der Waals surface area contributed by atoms with Gasteiger partial charge in [-0.05, 0) is 24.6 Å². The van der Waals surface area contributed by atoms with Crippen LogP contribution in [-0.2, 0) is 18.8 Å². The summed E-state index contributed by atoms with van der Waals surface area (Å²) in [5, 5.41) is 9.25. The highest BCUT2D eigenvalue weighted by Gasteiger charge is 2.28. The van der Waals surface area contributed by atoms with Gasteiger partial charge in [0.15, 0.2) is 0 Å². The molecule has 0 unspecified atom stereocenters. The number of carbonyl (C=O) groups excluding carboxylic acids is 1. The molecule has 8 heteroatoms. The van der Waals surface area contributed by atoms with Gasteiger partial charge in [0, 0.05) is 12.6 Å². The quantitative estimate of drug-likeness (QED) is 0.491. The molecule has 2 heterocycles. The molecule has 0 atom stereocenters. The molecule has 0 aliphatic carbocycles. The Morgan fingerprint density at radius 1 is 1.24 bits per heavy atom. The smallest absolute Gasteiger partial charge is 0.417 e. The van der Waals surface area contributed by atoms with Crippen LogP contribution in [0.3, 0.4) is 0 Å². The molecule has 146 valence electrons. The van der Waals surface area contributed by atoms with E-state index >= 15 is 0 Å². The molecule has 1 aromatic carbocycles. The fourth-order valence-electron chi connectivity index (χ4n) is 3.23. The number of esters is 1. The van der Waals surface area contributed by atoms with E-state index in [0.717, 1.165) is 4.57 Å². The molecule has 0 aliphatic heterocycles. The fourth-order valence-corrected chi connectivity index (χ4v) is 3.23. The number of ether oxygens (including phenoxy) is 1. The van der Waals surface area contributed by atoms with E-state index in [4.69, 9.17) is 10.00 Å². The van der Waals surface area contributed by atoms with Gasteiger partial charge in [0.05, 0.1) is 18.7 Å². The number of fused-ring (bicyclic) bond motifs is 1. The van der Waals surface area contributed by atoms with Crippen molar-refractivity contribution in [2.75, 3.05) is 6.61 Å². The number of nitriles is 1. The molecular weight excluding hydrogens is 372 g/mol. The largest absolute Gasteiger partial charge is 0.458 e. The van der Waals surface area contributed by atoms with E-state index < -0.39 is 17.2 Å². The number of H-pyrrole nitrogens is 1. The lowest BCUT2D eigenvalue weighted by Gasteiger charge is -2.13. The second kappa shape index (κ2) is 7.56. The molecule has 0 spiro atoms. The number of aromatic nitrogens is 3. The molecular formula is C21H19N4O4+. The average Bonchev–Trinajstić information content (AvgIpc) is 2.73. The van der Waals surface area contributed by atoms with Crippen LogP contribution >= 0.6 is 0 Å². The van der Waals surface area contributed by atoms with E-state index in [9.17, 15) is 14.4 Å². The Hall–Kier alpha value is -3.99. The van der Waals surface area contributed by atoms with Crippen molar-refractivity contribution in [1.29, 1.82) is 5.26 Å². The summed E-state index contributed by atoms with van der Waals surface area (Å²) < 4.78 is 7.53. The average molecular weight is 391 g/mol. The van der Waals surface area contributed by atoms with Crippen LogP contribution in [0.1, 0.15) is 21.6 Å². The summed E-state index contributed by atoms with van der Waals surface area (Å²) in [7, 11) is 2.92. The fraction of sp³-hybridized carbons (Fsp3) is 0.190. The first-order chi connectivity index (χ1) is 13.8. The number of hydrogen-bond donors (Lipinski definition) is 0. The molecule has 8 nitrogen and oxygen atoms in total. The van der Waals surface area contributed by atoms with Crippen molar-refractivity contribution < 1.29 is 14.5 Å². The number of rotatable bonds is 4. The van der Waals surface area contributed by atoms with Crippen LogP contribution in [0.15, 0.2) is 46.5 Å². The first kappa shape index (κ1) is 19.8. The SMILES string of the molecule is C=CCOC(=O)c1c(C)[nH+]c2c(c1-c1ccc(C#N)cc1)c(=O)n(C)c(=O)n2C. The lowest BCUT2D eigenvalue weighted by molar-refractivity contribution is -0.359. The monoisotopic (exact) mass is 391 g/mol. The molecule has 3 aromatic rings. The minimum absolute atomic E-state index is 0.00834. The normalized spacial score (nSPS) is 10.6. The van der Waals surface area contributed by atoms with Gasteiger partial charge in [-0.15, -0.1) is 0 Å². The molecule has 1 N–H and O–H groups in total. The molecule has 0 fully saturated rings. The zero-order chi connectivity index (χ0) is 21.3. The van der Waals surface area contributed by atoms with Gasteiger partial charge in [0.25, 0.3) is 11.2 Å². The Labute approximate surface area is 165 Å². The second-order valence-electron chi connectivity index (χ2n) is 6.51. The first-order valence-electron chi connectivity index (χ1n) is 8.76. The lowest BCUT2D eigenvalue weighted by Crippen LogP contribution is -2.40. The van der Waals surface area contributed by atoms with Crippen molar-refractivity contribution in [3.05, 3.63) is 74.6 Å². The maximum atomic E-state index is 13.0. The standard InChI is InChI=1S/C21H18N4O4/c1-5-10-29-20(27)15-12(2)23-18-17(19(26)25(4)21(28)24(18)3)16(15)14-8-6-13(11-22)7-9-14/h5-9H,1,10H2,2-4H3/p+1. The molecule has 0 radical (unpaired) electrons. The van der Waals surface area contributed by atoms with Crippen molar-refractivity contribution in [2.24, 2.45) is 14.1 Å².